The first-order chi connectivity index (χ1) is 8.17. The van der Waals surface area contributed by atoms with Crippen molar-refractivity contribution in [1.29, 1.82) is 0 Å². The molecule has 17 heavy (non-hydrogen) atoms. The molecule has 1 atom stereocenters. The highest BCUT2D eigenvalue weighted by molar-refractivity contribution is 8.70. The van der Waals surface area contributed by atoms with Gasteiger partial charge in [-0.1, -0.05) is 11.4 Å². The van der Waals surface area contributed by atoms with Crippen molar-refractivity contribution in [2.45, 2.75) is 19.4 Å². The highest BCUT2D eigenvalue weighted by Crippen LogP contribution is 2.61. The number of rotatable bonds is 1. The molecule has 1 aromatic rings. The number of thioether (sulfide) groups is 1. The lowest BCUT2D eigenvalue weighted by Crippen LogP contribution is -2.12. The van der Waals surface area contributed by atoms with E-state index in [1.54, 1.807) is 23.1 Å². The molecule has 4 nitrogen and oxygen atoms in total. The number of hydrogen-bond donors (Lipinski definition) is 1. The fraction of sp³-hybridized carbons (Fsp3) is 0.556. The molecule has 0 saturated heterocycles. The van der Waals surface area contributed by atoms with Gasteiger partial charge in [0.15, 0.2) is 11.4 Å². The van der Waals surface area contributed by atoms with Gasteiger partial charge in [0.2, 0.25) is 0 Å². The molecule has 0 amide bonds. The van der Waals surface area contributed by atoms with Crippen LogP contribution in [0, 0.1) is 0 Å². The van der Waals surface area contributed by atoms with Gasteiger partial charge in [-0.15, -0.1) is 11.8 Å². The van der Waals surface area contributed by atoms with Crippen molar-refractivity contribution in [3.8, 4) is 0 Å². The normalized spacial score (nSPS) is 26.1. The Balaban J connectivity index is 2.17. The second-order valence-corrected chi connectivity index (χ2v) is 11.5. The molecule has 0 radical (unpaired) electrons. The van der Waals surface area contributed by atoms with Crippen molar-refractivity contribution in [1.82, 2.24) is 9.55 Å². The van der Waals surface area contributed by atoms with Crippen LogP contribution in [-0.4, -0.2) is 27.1 Å². The molecule has 0 unspecified atom stereocenters. The van der Waals surface area contributed by atoms with Gasteiger partial charge in [-0.3, -0.25) is 0 Å². The zero-order valence-corrected chi connectivity index (χ0v) is 13.0. The molecule has 1 aromatic heterocycles. The van der Waals surface area contributed by atoms with E-state index < -0.39 is 5.54 Å². The summed E-state index contributed by atoms with van der Waals surface area (Å²) in [5, 5.41) is 4.43. The molecule has 92 valence electrons. The lowest BCUT2D eigenvalue weighted by molar-refractivity contribution is 0.745. The van der Waals surface area contributed by atoms with Gasteiger partial charge < -0.3 is 9.65 Å². The molecule has 8 heteroatoms. The van der Waals surface area contributed by atoms with Gasteiger partial charge in [-0.05, 0) is 30.7 Å². The third-order valence-corrected chi connectivity index (χ3v) is 9.07. The van der Waals surface area contributed by atoms with Crippen molar-refractivity contribution in [3.63, 3.8) is 0 Å². The predicted molar refractivity (Wildman–Crippen MR) is 82.0 cm³/mol. The van der Waals surface area contributed by atoms with Crippen molar-refractivity contribution >= 4 is 51.4 Å². The zero-order chi connectivity index (χ0) is 12.0. The van der Waals surface area contributed by atoms with Crippen LogP contribution in [0.5, 0.6) is 0 Å². The summed E-state index contributed by atoms with van der Waals surface area (Å²) in [4.78, 5) is 4.68. The van der Waals surface area contributed by atoms with Crippen molar-refractivity contribution in [2.24, 2.45) is 4.76 Å². The zero-order valence-electron chi connectivity index (χ0n) is 9.63. The van der Waals surface area contributed by atoms with Gasteiger partial charge in [0.1, 0.15) is 16.6 Å². The average molecular weight is 304 g/mol. The van der Waals surface area contributed by atoms with E-state index >= 15 is 0 Å². The summed E-state index contributed by atoms with van der Waals surface area (Å²) in [5.74, 6) is 2.13. The topological polar surface area (TPSA) is 42.2 Å². The molecule has 3 heterocycles. The molecule has 0 spiro atoms. The fourth-order valence-corrected chi connectivity index (χ4v) is 6.08. The van der Waals surface area contributed by atoms with Crippen LogP contribution in [0.2, 0.25) is 0 Å². The maximum Gasteiger partial charge on any atom is 0.197 e. The Hall–Kier alpha value is 0.0300. The third kappa shape index (κ3) is 1.87. The number of fused-ring (bicyclic) bond motifs is 3. The van der Waals surface area contributed by atoms with E-state index in [2.05, 4.69) is 20.9 Å². The molecule has 3 rings (SSSR count). The highest BCUT2D eigenvalue weighted by Gasteiger charge is 2.31. The molecule has 0 fully saturated rings. The minimum Gasteiger partial charge on any atom is -0.324 e. The second kappa shape index (κ2) is 4.30. The monoisotopic (exact) mass is 304 g/mol. The number of aryl methyl sites for hydroxylation is 1. The fourth-order valence-electron chi connectivity index (χ4n) is 2.17. The second-order valence-electron chi connectivity index (χ2n) is 3.90. The van der Waals surface area contributed by atoms with E-state index in [0.29, 0.717) is 0 Å². The number of anilines is 1. The Morgan fingerprint density at radius 3 is 3.00 bits per heavy atom. The van der Waals surface area contributed by atoms with Gasteiger partial charge in [0.05, 0.1) is 0 Å². The molecule has 2 aliphatic heterocycles. The van der Waals surface area contributed by atoms with E-state index in [1.165, 1.54) is 12.2 Å². The summed E-state index contributed by atoms with van der Waals surface area (Å²) in [6.07, 6.45) is 6.33. The van der Waals surface area contributed by atoms with E-state index in [0.717, 1.165) is 29.5 Å². The van der Waals surface area contributed by atoms with Crippen LogP contribution in [0.25, 0.3) is 0 Å². The summed E-state index contributed by atoms with van der Waals surface area (Å²) in [5.41, 5.74) is -0.749. The van der Waals surface area contributed by atoms with Crippen molar-refractivity contribution in [3.05, 3.63) is 11.5 Å². The summed E-state index contributed by atoms with van der Waals surface area (Å²) in [7, 11) is 0. The van der Waals surface area contributed by atoms with Crippen LogP contribution >= 0.6 is 28.7 Å². The van der Waals surface area contributed by atoms with Crippen molar-refractivity contribution in [2.75, 3.05) is 17.6 Å². The first kappa shape index (κ1) is 12.1. The summed E-state index contributed by atoms with van der Waals surface area (Å²) >= 11 is 8.90. The number of aromatic nitrogens is 2. The minimum absolute atomic E-state index is 0.955. The Morgan fingerprint density at radius 1 is 1.47 bits per heavy atom. The largest absolute Gasteiger partial charge is 0.324 e. The quantitative estimate of drug-likeness (QED) is 0.808. The maximum atomic E-state index is 5.59. The molecule has 0 saturated carbocycles. The lowest BCUT2D eigenvalue weighted by Gasteiger charge is -2.23. The van der Waals surface area contributed by atoms with E-state index in [1.807, 2.05) is 6.26 Å². The van der Waals surface area contributed by atoms with Crippen LogP contribution in [0.15, 0.2) is 4.76 Å². The lowest BCUT2D eigenvalue weighted by atomic mass is 10.3. The molecule has 0 aliphatic carbocycles. The van der Waals surface area contributed by atoms with Gasteiger partial charge in [-0.2, -0.15) is 0 Å². The average Bonchev–Trinajstić information content (AvgIpc) is 2.87. The molecular formula is C9H13N4PS3. The molecule has 1 N–H and O–H groups in total. The maximum absolute atomic E-state index is 5.59. The van der Waals surface area contributed by atoms with Gasteiger partial charge in [0.25, 0.3) is 0 Å². The van der Waals surface area contributed by atoms with Crippen LogP contribution in [0.4, 0.5) is 5.82 Å². The van der Waals surface area contributed by atoms with Crippen LogP contribution in [0.3, 0.4) is 0 Å². The smallest absolute Gasteiger partial charge is 0.197 e. The Labute approximate surface area is 114 Å². The molecule has 0 bridgehead atoms. The number of hydrogen-bond acceptors (Lipinski definition) is 4. The molecular weight excluding hydrogens is 291 g/mol. The molecule has 2 aliphatic rings. The SMILES string of the molecule is CSC1=N[P@](=S)(SC)Nc2nc3n(c21)CCC3. The summed E-state index contributed by atoms with van der Waals surface area (Å²) in [6, 6.07) is 0. The van der Waals surface area contributed by atoms with Crippen LogP contribution in [-0.2, 0) is 24.8 Å². The first-order valence-electron chi connectivity index (χ1n) is 5.35. The van der Waals surface area contributed by atoms with Crippen LogP contribution in [0.1, 0.15) is 17.9 Å². The summed E-state index contributed by atoms with van der Waals surface area (Å²) < 4.78 is 7.03. The van der Waals surface area contributed by atoms with E-state index in [-0.39, 0.29) is 0 Å². The minimum atomic E-state index is -1.90. The van der Waals surface area contributed by atoms with Gasteiger partial charge >= 0.3 is 0 Å². The van der Waals surface area contributed by atoms with Gasteiger partial charge in [-0.25, -0.2) is 9.75 Å². The number of nitrogens with zero attached hydrogens (tertiary/aromatic N) is 3. The number of nitrogens with one attached hydrogen (secondary N) is 1. The van der Waals surface area contributed by atoms with E-state index in [9.17, 15) is 0 Å². The third-order valence-electron chi connectivity index (χ3n) is 2.94. The van der Waals surface area contributed by atoms with Gasteiger partial charge in [0, 0.05) is 13.0 Å². The highest BCUT2D eigenvalue weighted by atomic mass is 32.9. The molecule has 0 aromatic carbocycles. The Bertz CT molecular complexity index is 551. The number of imidazole rings is 1. The Morgan fingerprint density at radius 2 is 2.29 bits per heavy atom. The standard InChI is InChI=1S/C9H13N4PS3/c1-16-9-7-8(11-14(15,12-9)17-2)10-6-4-3-5-13(6)7/h3-5H2,1-2H3,(H,11,12,15)/t14-/m1/s1. The Kier molecular flexibility index (Phi) is 3.05. The van der Waals surface area contributed by atoms with Crippen LogP contribution < -0.4 is 5.09 Å². The van der Waals surface area contributed by atoms with Crippen molar-refractivity contribution < 1.29 is 0 Å². The summed E-state index contributed by atoms with van der Waals surface area (Å²) in [6.45, 7) is 1.06. The van der Waals surface area contributed by atoms with E-state index in [4.69, 9.17) is 16.6 Å². The predicted octanol–water partition coefficient (Wildman–Crippen LogP) is 2.95. The first-order valence-corrected chi connectivity index (χ1v) is 11.2.